The summed E-state index contributed by atoms with van der Waals surface area (Å²) in [6.07, 6.45) is 0. The van der Waals surface area contributed by atoms with Crippen LogP contribution >= 0.6 is 11.3 Å². The summed E-state index contributed by atoms with van der Waals surface area (Å²) in [6, 6.07) is 4.10. The lowest BCUT2D eigenvalue weighted by Gasteiger charge is -2.21. The summed E-state index contributed by atoms with van der Waals surface area (Å²) in [5.41, 5.74) is 0.339. The number of aromatic nitrogens is 2. The molecule has 1 aromatic heterocycles. The first kappa shape index (κ1) is 19.6. The number of nitrogens with zero attached hydrogens (tertiary/aromatic N) is 2. The molecule has 0 spiro atoms. The van der Waals surface area contributed by atoms with Gasteiger partial charge in [-0.05, 0) is 25.0 Å². The quantitative estimate of drug-likeness (QED) is 0.766. The van der Waals surface area contributed by atoms with Gasteiger partial charge in [0.05, 0.1) is 14.2 Å². The Morgan fingerprint density at radius 1 is 1.08 bits per heavy atom. The topological polar surface area (TPSA) is 102 Å². The number of hydrogen-bond donors (Lipinski definition) is 2. The fraction of sp³-hybridized carbons (Fsp3) is 0.412. The summed E-state index contributed by atoms with van der Waals surface area (Å²) < 4.78 is 10.4. The minimum atomic E-state index is -0.732. The minimum absolute atomic E-state index is 0.125. The van der Waals surface area contributed by atoms with Gasteiger partial charge in [-0.2, -0.15) is 0 Å². The number of ether oxygens (including phenoxy) is 2. The van der Waals surface area contributed by atoms with Crippen molar-refractivity contribution in [1.82, 2.24) is 15.5 Å². The van der Waals surface area contributed by atoms with Gasteiger partial charge in [-0.25, -0.2) is 0 Å². The standard InChI is InChI=1S/C17H22N4O4S/c1-9(2)14(16(23)19-17-21-20-10(3)26-17)18-15(22)11-6-12(24-4)8-13(7-11)25-5/h6-9,14H,1-5H3,(H,18,22)(H,19,21,23)/t14-/m0/s1. The van der Waals surface area contributed by atoms with Gasteiger partial charge < -0.3 is 14.8 Å². The third-order valence-corrected chi connectivity index (χ3v) is 4.36. The lowest BCUT2D eigenvalue weighted by Crippen LogP contribution is -2.47. The van der Waals surface area contributed by atoms with Crippen LogP contribution in [-0.2, 0) is 4.79 Å². The molecule has 1 atom stereocenters. The zero-order valence-electron chi connectivity index (χ0n) is 15.3. The second-order valence-corrected chi connectivity index (χ2v) is 7.09. The van der Waals surface area contributed by atoms with Crippen molar-refractivity contribution in [2.24, 2.45) is 5.92 Å². The average molecular weight is 378 g/mol. The molecule has 0 fully saturated rings. The third-order valence-electron chi connectivity index (χ3n) is 3.61. The molecule has 0 aliphatic rings. The molecule has 0 unspecified atom stereocenters. The van der Waals surface area contributed by atoms with E-state index in [4.69, 9.17) is 9.47 Å². The summed E-state index contributed by atoms with van der Waals surface area (Å²) in [5.74, 6) is 0.109. The molecule has 2 amide bonds. The highest BCUT2D eigenvalue weighted by atomic mass is 32.1. The Bertz CT molecular complexity index is 769. The van der Waals surface area contributed by atoms with E-state index >= 15 is 0 Å². The molecule has 0 aliphatic carbocycles. The molecule has 140 valence electrons. The first-order valence-electron chi connectivity index (χ1n) is 7.99. The van der Waals surface area contributed by atoms with E-state index in [2.05, 4.69) is 20.8 Å². The number of aryl methyl sites for hydroxylation is 1. The van der Waals surface area contributed by atoms with Crippen molar-refractivity contribution in [3.8, 4) is 11.5 Å². The SMILES string of the molecule is COc1cc(OC)cc(C(=O)N[C@H](C(=O)Nc2nnc(C)s2)C(C)C)c1. The van der Waals surface area contributed by atoms with Gasteiger partial charge in [0.2, 0.25) is 11.0 Å². The molecular formula is C17H22N4O4S. The van der Waals surface area contributed by atoms with Crippen LogP contribution in [0.4, 0.5) is 5.13 Å². The maximum absolute atomic E-state index is 12.6. The highest BCUT2D eigenvalue weighted by molar-refractivity contribution is 7.15. The van der Waals surface area contributed by atoms with Crippen molar-refractivity contribution < 1.29 is 19.1 Å². The molecule has 1 aromatic carbocycles. The van der Waals surface area contributed by atoms with Crippen LogP contribution < -0.4 is 20.1 Å². The highest BCUT2D eigenvalue weighted by Gasteiger charge is 2.26. The van der Waals surface area contributed by atoms with Crippen LogP contribution in [0.25, 0.3) is 0 Å². The van der Waals surface area contributed by atoms with Crippen LogP contribution in [0.5, 0.6) is 11.5 Å². The van der Waals surface area contributed by atoms with Gasteiger partial charge >= 0.3 is 0 Å². The van der Waals surface area contributed by atoms with Crippen LogP contribution in [0.1, 0.15) is 29.2 Å². The summed E-state index contributed by atoms with van der Waals surface area (Å²) in [6.45, 7) is 5.50. The summed E-state index contributed by atoms with van der Waals surface area (Å²) in [5, 5.41) is 14.3. The predicted octanol–water partition coefficient (Wildman–Crippen LogP) is 2.26. The number of amides is 2. The zero-order valence-corrected chi connectivity index (χ0v) is 16.1. The van der Waals surface area contributed by atoms with E-state index in [1.165, 1.54) is 25.6 Å². The number of hydrogen-bond acceptors (Lipinski definition) is 7. The fourth-order valence-electron chi connectivity index (χ4n) is 2.23. The van der Waals surface area contributed by atoms with Crippen molar-refractivity contribution in [1.29, 1.82) is 0 Å². The van der Waals surface area contributed by atoms with Crippen LogP contribution in [-0.4, -0.2) is 42.3 Å². The number of methoxy groups -OCH3 is 2. The van der Waals surface area contributed by atoms with Gasteiger partial charge in [-0.15, -0.1) is 10.2 Å². The normalized spacial score (nSPS) is 11.8. The van der Waals surface area contributed by atoms with E-state index in [9.17, 15) is 9.59 Å². The van der Waals surface area contributed by atoms with E-state index in [1.54, 1.807) is 25.1 Å². The van der Waals surface area contributed by atoms with Crippen LogP contribution in [0, 0.1) is 12.8 Å². The van der Waals surface area contributed by atoms with Gasteiger partial charge in [-0.1, -0.05) is 25.2 Å². The Hall–Kier alpha value is -2.68. The molecule has 0 bridgehead atoms. The van der Waals surface area contributed by atoms with E-state index in [0.29, 0.717) is 22.2 Å². The Labute approximate surface area is 155 Å². The second kappa shape index (κ2) is 8.61. The highest BCUT2D eigenvalue weighted by Crippen LogP contribution is 2.23. The van der Waals surface area contributed by atoms with Gasteiger partial charge in [0.25, 0.3) is 5.91 Å². The van der Waals surface area contributed by atoms with Gasteiger partial charge in [0, 0.05) is 11.6 Å². The van der Waals surface area contributed by atoms with Crippen LogP contribution in [0.15, 0.2) is 18.2 Å². The molecule has 9 heteroatoms. The Morgan fingerprint density at radius 2 is 1.69 bits per heavy atom. The molecule has 0 aliphatic heterocycles. The number of carbonyl (C=O) groups is 2. The van der Waals surface area contributed by atoms with Crippen molar-refractivity contribution in [3.63, 3.8) is 0 Å². The van der Waals surface area contributed by atoms with Crippen molar-refractivity contribution in [2.75, 3.05) is 19.5 Å². The number of anilines is 1. The van der Waals surface area contributed by atoms with Crippen LogP contribution in [0.3, 0.4) is 0 Å². The summed E-state index contributed by atoms with van der Waals surface area (Å²) >= 11 is 1.27. The van der Waals surface area contributed by atoms with Gasteiger partial charge in [-0.3, -0.25) is 14.9 Å². The van der Waals surface area contributed by atoms with Crippen LogP contribution in [0.2, 0.25) is 0 Å². The Kier molecular flexibility index (Phi) is 6.51. The first-order valence-corrected chi connectivity index (χ1v) is 8.80. The molecule has 0 saturated heterocycles. The Morgan fingerprint density at radius 3 is 2.15 bits per heavy atom. The Balaban J connectivity index is 2.16. The lowest BCUT2D eigenvalue weighted by atomic mass is 10.0. The number of nitrogens with one attached hydrogen (secondary N) is 2. The molecular weight excluding hydrogens is 356 g/mol. The van der Waals surface area contributed by atoms with Gasteiger partial charge in [0.15, 0.2) is 0 Å². The molecule has 8 nitrogen and oxygen atoms in total. The summed E-state index contributed by atoms with van der Waals surface area (Å²) in [4.78, 5) is 25.2. The minimum Gasteiger partial charge on any atom is -0.497 e. The summed E-state index contributed by atoms with van der Waals surface area (Å²) in [7, 11) is 3.01. The molecule has 0 saturated carbocycles. The van der Waals surface area contributed by atoms with E-state index in [-0.39, 0.29) is 11.8 Å². The maximum Gasteiger partial charge on any atom is 0.252 e. The average Bonchev–Trinajstić information content (AvgIpc) is 3.03. The van der Waals surface area contributed by atoms with Crippen molar-refractivity contribution in [2.45, 2.75) is 26.8 Å². The van der Waals surface area contributed by atoms with E-state index in [0.717, 1.165) is 5.01 Å². The van der Waals surface area contributed by atoms with Gasteiger partial charge in [0.1, 0.15) is 22.5 Å². The molecule has 0 radical (unpaired) electrons. The molecule has 26 heavy (non-hydrogen) atoms. The molecule has 2 rings (SSSR count). The molecule has 2 N–H and O–H groups in total. The van der Waals surface area contributed by atoms with Crippen molar-refractivity contribution in [3.05, 3.63) is 28.8 Å². The molecule has 1 heterocycles. The third kappa shape index (κ3) is 4.92. The van der Waals surface area contributed by atoms with E-state index in [1.807, 2.05) is 13.8 Å². The smallest absolute Gasteiger partial charge is 0.252 e. The zero-order chi connectivity index (χ0) is 19.3. The lowest BCUT2D eigenvalue weighted by molar-refractivity contribution is -0.118. The molecule has 2 aromatic rings. The first-order chi connectivity index (χ1) is 12.3. The number of rotatable bonds is 7. The number of benzene rings is 1. The fourth-order valence-corrected chi connectivity index (χ4v) is 2.82. The predicted molar refractivity (Wildman–Crippen MR) is 98.9 cm³/mol. The monoisotopic (exact) mass is 378 g/mol. The second-order valence-electron chi connectivity index (χ2n) is 5.91. The van der Waals surface area contributed by atoms with E-state index < -0.39 is 11.9 Å². The largest absolute Gasteiger partial charge is 0.497 e. The van der Waals surface area contributed by atoms with Crippen molar-refractivity contribution >= 4 is 28.3 Å². The number of carbonyl (C=O) groups excluding carboxylic acids is 2. The maximum atomic E-state index is 12.6.